The highest BCUT2D eigenvalue weighted by molar-refractivity contribution is 7.59. The minimum absolute atomic E-state index is 0. The first kappa shape index (κ1) is 27.7. The molecule has 9 nitrogen and oxygen atoms in total. The number of carboxylic acid groups (broad SMARTS) is 1. The fourth-order valence-corrected chi connectivity index (χ4v) is 6.02. The van der Waals surface area contributed by atoms with Crippen LogP contribution in [0.4, 0.5) is 5.82 Å². The van der Waals surface area contributed by atoms with Crippen molar-refractivity contribution in [3.63, 3.8) is 0 Å². The molecular formula is C26H36N6O3S2. The summed E-state index contributed by atoms with van der Waals surface area (Å²) in [6.45, 7) is 8.28. The van der Waals surface area contributed by atoms with Gasteiger partial charge in [0.2, 0.25) is 0 Å². The molecule has 3 aliphatic rings. The van der Waals surface area contributed by atoms with Crippen molar-refractivity contribution in [2.24, 2.45) is 0 Å². The van der Waals surface area contributed by atoms with Crippen LogP contribution < -0.4 is 4.90 Å². The number of hydrogen-bond acceptors (Lipinski definition) is 7. The van der Waals surface area contributed by atoms with E-state index in [1.807, 2.05) is 17.8 Å². The predicted octanol–water partition coefficient (Wildman–Crippen LogP) is 3.29. The molecule has 3 aromatic rings. The lowest BCUT2D eigenvalue weighted by atomic mass is 9.86. The Morgan fingerprint density at radius 3 is 2.54 bits per heavy atom. The first-order valence-electron chi connectivity index (χ1n) is 12.6. The van der Waals surface area contributed by atoms with Crippen LogP contribution in [0.25, 0.3) is 16.7 Å². The molecule has 2 atom stereocenters. The molecule has 200 valence electrons. The first-order valence-corrected chi connectivity index (χ1v) is 12.6. The summed E-state index contributed by atoms with van der Waals surface area (Å²) in [7, 11) is 0. The molecule has 2 bridgehead atoms. The number of anilines is 1. The number of benzene rings is 1. The van der Waals surface area contributed by atoms with Crippen molar-refractivity contribution in [2.75, 3.05) is 37.7 Å². The number of fused-ring (bicyclic) bond motifs is 3. The van der Waals surface area contributed by atoms with Gasteiger partial charge in [-0.25, -0.2) is 14.6 Å². The second-order valence-electron chi connectivity index (χ2n) is 10.2. The van der Waals surface area contributed by atoms with E-state index >= 15 is 0 Å². The van der Waals surface area contributed by atoms with Crippen molar-refractivity contribution in [2.45, 2.75) is 57.6 Å². The van der Waals surface area contributed by atoms with Gasteiger partial charge in [0.15, 0.2) is 5.82 Å². The molecule has 3 saturated heterocycles. The maximum absolute atomic E-state index is 10.9. The maximum Gasteiger partial charge on any atom is 0.304 e. The van der Waals surface area contributed by atoms with Crippen LogP contribution in [0.3, 0.4) is 0 Å². The zero-order valence-corrected chi connectivity index (χ0v) is 23.4. The summed E-state index contributed by atoms with van der Waals surface area (Å²) >= 11 is 0. The highest BCUT2D eigenvalue weighted by Gasteiger charge is 2.39. The second-order valence-corrected chi connectivity index (χ2v) is 10.2. The van der Waals surface area contributed by atoms with Crippen LogP contribution >= 0.6 is 27.0 Å². The number of hydrogen-bond donors (Lipinski definition) is 1. The molecule has 11 heteroatoms. The lowest BCUT2D eigenvalue weighted by molar-refractivity contribution is -0.137. The van der Waals surface area contributed by atoms with E-state index in [4.69, 9.17) is 24.9 Å². The normalized spacial score (nSPS) is 21.7. The number of rotatable bonds is 6. The van der Waals surface area contributed by atoms with E-state index in [0.29, 0.717) is 24.6 Å². The summed E-state index contributed by atoms with van der Waals surface area (Å²) < 4.78 is 7.72. The number of morpholine rings is 1. The summed E-state index contributed by atoms with van der Waals surface area (Å²) in [5.74, 6) is 2.23. The first-order chi connectivity index (χ1) is 16.9. The minimum atomic E-state index is -0.727. The van der Waals surface area contributed by atoms with Gasteiger partial charge in [-0.05, 0) is 75.4 Å². The van der Waals surface area contributed by atoms with Crippen LogP contribution in [0.2, 0.25) is 0 Å². The molecule has 0 amide bonds. The zero-order chi connectivity index (χ0) is 24.1. The Morgan fingerprint density at radius 1 is 1.11 bits per heavy atom. The highest BCUT2D eigenvalue weighted by atomic mass is 32.1. The number of ether oxygens (including phenoxy) is 1. The molecule has 0 aliphatic carbocycles. The van der Waals surface area contributed by atoms with E-state index in [9.17, 15) is 4.79 Å². The Kier molecular flexibility index (Phi) is 8.37. The maximum atomic E-state index is 10.9. The molecule has 0 unspecified atom stereocenters. The number of carboxylic acids is 1. The third-order valence-electron chi connectivity index (χ3n) is 7.85. The largest absolute Gasteiger partial charge is 0.481 e. The number of piperidine rings is 1. The molecule has 6 rings (SSSR count). The number of carbonyl (C=O) groups is 1. The van der Waals surface area contributed by atoms with E-state index in [-0.39, 0.29) is 33.4 Å². The number of aryl methyl sites for hydroxylation is 2. The van der Waals surface area contributed by atoms with Crippen molar-refractivity contribution in [1.82, 2.24) is 24.6 Å². The molecule has 0 saturated carbocycles. The van der Waals surface area contributed by atoms with Crippen molar-refractivity contribution < 1.29 is 14.6 Å². The number of aliphatic carboxylic acids is 1. The molecule has 37 heavy (non-hydrogen) atoms. The van der Waals surface area contributed by atoms with Gasteiger partial charge < -0.3 is 19.6 Å². The Morgan fingerprint density at radius 2 is 1.86 bits per heavy atom. The molecule has 1 N–H and O–H groups in total. The van der Waals surface area contributed by atoms with E-state index < -0.39 is 5.97 Å². The van der Waals surface area contributed by atoms with Gasteiger partial charge in [-0.2, -0.15) is 32.1 Å². The molecule has 1 aromatic carbocycles. The third-order valence-corrected chi connectivity index (χ3v) is 7.85. The number of aromatic nitrogens is 4. The summed E-state index contributed by atoms with van der Waals surface area (Å²) in [5.41, 5.74) is 3.71. The van der Waals surface area contributed by atoms with Crippen LogP contribution in [0.5, 0.6) is 0 Å². The molecular weight excluding hydrogens is 508 g/mol. The average molecular weight is 545 g/mol. The Hall–Kier alpha value is -2.34. The van der Waals surface area contributed by atoms with Gasteiger partial charge in [-0.1, -0.05) is 0 Å². The Bertz CT molecular complexity index is 1280. The lowest BCUT2D eigenvalue weighted by Gasteiger charge is -2.32. The number of nitrogens with zero attached hydrogens (tertiary/aromatic N) is 6. The molecule has 3 fully saturated rings. The molecule has 2 aromatic heterocycles. The minimum Gasteiger partial charge on any atom is -0.481 e. The molecule has 0 spiro atoms. The van der Waals surface area contributed by atoms with Gasteiger partial charge >= 0.3 is 5.97 Å². The van der Waals surface area contributed by atoms with Gasteiger partial charge in [-0.15, -0.1) is 0 Å². The summed E-state index contributed by atoms with van der Waals surface area (Å²) in [5, 5.41) is 14.8. The van der Waals surface area contributed by atoms with Crippen molar-refractivity contribution in [1.29, 1.82) is 0 Å². The van der Waals surface area contributed by atoms with Crippen molar-refractivity contribution in [3.8, 4) is 5.82 Å². The third kappa shape index (κ3) is 5.45. The Labute approximate surface area is 231 Å². The second kappa shape index (κ2) is 11.2. The lowest BCUT2D eigenvalue weighted by Crippen LogP contribution is -2.37. The zero-order valence-electron chi connectivity index (χ0n) is 21.4. The van der Waals surface area contributed by atoms with Crippen LogP contribution in [0.15, 0.2) is 24.4 Å². The van der Waals surface area contributed by atoms with Gasteiger partial charge in [0, 0.05) is 24.5 Å². The molecule has 0 radical (unpaired) electrons. The topological polar surface area (TPSA) is 96.6 Å². The van der Waals surface area contributed by atoms with Gasteiger partial charge in [0.05, 0.1) is 36.9 Å². The summed E-state index contributed by atoms with van der Waals surface area (Å²) in [6, 6.07) is 6.97. The van der Waals surface area contributed by atoms with Crippen LogP contribution in [-0.2, 0) is 9.53 Å². The molecule has 5 heterocycles. The average Bonchev–Trinajstić information content (AvgIpc) is 3.58. The van der Waals surface area contributed by atoms with Crippen LogP contribution in [-0.4, -0.2) is 80.7 Å². The van der Waals surface area contributed by atoms with Gasteiger partial charge in [0.1, 0.15) is 11.6 Å². The summed E-state index contributed by atoms with van der Waals surface area (Å²) in [4.78, 5) is 25.0. The SMILES string of the molecule is Cc1nc(N2C[C@@H]3C[C@H]2CO3)cc(-n2ncc3cc(C)c(C4CCN(CCC(=O)O)CC4)cc32)n1.S.S. The highest BCUT2D eigenvalue weighted by Crippen LogP contribution is 2.35. The summed E-state index contributed by atoms with van der Waals surface area (Å²) in [6.07, 6.45) is 5.59. The number of likely N-dealkylation sites (tertiary alicyclic amines) is 1. The van der Waals surface area contributed by atoms with E-state index in [1.165, 1.54) is 11.1 Å². The van der Waals surface area contributed by atoms with Gasteiger partial charge in [-0.3, -0.25) is 4.79 Å². The standard InChI is InChI=1S/C26H32N6O3.2H2S/c1-16-9-19-13-27-32(23(19)11-22(16)18-3-6-30(7-4-18)8-5-26(33)34)25-12-24(28-17(2)29-25)31-14-21-10-20(31)15-35-21;;/h9,11-13,18,20-21H,3-8,10,14-15H2,1-2H3,(H,33,34);2*1H2/t20-,21-;;/m0../s1. The molecule has 3 aliphatic heterocycles. The van der Waals surface area contributed by atoms with Crippen molar-refractivity contribution in [3.05, 3.63) is 41.3 Å². The van der Waals surface area contributed by atoms with Crippen LogP contribution in [0, 0.1) is 13.8 Å². The monoisotopic (exact) mass is 544 g/mol. The van der Waals surface area contributed by atoms with Crippen molar-refractivity contribution >= 4 is 49.7 Å². The predicted molar refractivity (Wildman–Crippen MR) is 153 cm³/mol. The van der Waals surface area contributed by atoms with Gasteiger partial charge in [0.25, 0.3) is 0 Å². The fourth-order valence-electron chi connectivity index (χ4n) is 6.02. The van der Waals surface area contributed by atoms with E-state index in [1.54, 1.807) is 0 Å². The van der Waals surface area contributed by atoms with E-state index in [2.05, 4.69) is 34.9 Å². The smallest absolute Gasteiger partial charge is 0.304 e. The fraction of sp³-hybridized carbons (Fsp3) is 0.538. The van der Waals surface area contributed by atoms with Crippen LogP contribution in [0.1, 0.15) is 48.6 Å². The quantitative estimate of drug-likeness (QED) is 0.505. The Balaban J connectivity index is 0.00000160. The van der Waals surface area contributed by atoms with E-state index in [0.717, 1.165) is 73.9 Å².